The average molecular weight is 262 g/mol. The van der Waals surface area contributed by atoms with Crippen molar-refractivity contribution in [3.8, 4) is 5.75 Å². The molecule has 1 N–H and O–H groups in total. The van der Waals surface area contributed by atoms with Crippen LogP contribution in [0.3, 0.4) is 0 Å². The Labute approximate surface area is 119 Å². The first-order valence-electron chi connectivity index (χ1n) is 8.07. The molecule has 1 aromatic carbocycles. The van der Waals surface area contributed by atoms with Gasteiger partial charge in [-0.2, -0.15) is 0 Å². The summed E-state index contributed by atoms with van der Waals surface area (Å²) in [6, 6.07) is 3.96. The van der Waals surface area contributed by atoms with Gasteiger partial charge in [-0.3, -0.25) is 0 Å². The second kappa shape index (κ2) is 9.01. The van der Waals surface area contributed by atoms with Crippen LogP contribution in [-0.2, 0) is 19.3 Å². The SMILES string of the molecule is CCCCCCCCc1c(O)ccc(CC)c1CC. The highest BCUT2D eigenvalue weighted by molar-refractivity contribution is 5.44. The molecule has 0 unspecified atom stereocenters. The minimum atomic E-state index is 0.502. The number of hydrogen-bond donors (Lipinski definition) is 1. The smallest absolute Gasteiger partial charge is 0.119 e. The predicted molar refractivity (Wildman–Crippen MR) is 83.9 cm³/mol. The van der Waals surface area contributed by atoms with Crippen molar-refractivity contribution in [1.82, 2.24) is 0 Å². The van der Waals surface area contributed by atoms with Gasteiger partial charge in [0.2, 0.25) is 0 Å². The van der Waals surface area contributed by atoms with E-state index in [1.807, 2.05) is 6.07 Å². The first-order chi connectivity index (χ1) is 9.24. The van der Waals surface area contributed by atoms with Crippen LogP contribution < -0.4 is 0 Å². The number of benzene rings is 1. The van der Waals surface area contributed by atoms with Gasteiger partial charge in [-0.25, -0.2) is 0 Å². The zero-order valence-electron chi connectivity index (χ0n) is 13.0. The van der Waals surface area contributed by atoms with Crippen molar-refractivity contribution in [2.45, 2.75) is 78.6 Å². The molecule has 0 heterocycles. The van der Waals surface area contributed by atoms with Gasteiger partial charge in [0.25, 0.3) is 0 Å². The molecule has 1 aromatic rings. The summed E-state index contributed by atoms with van der Waals surface area (Å²) in [5, 5.41) is 10.1. The minimum Gasteiger partial charge on any atom is -0.508 e. The molecule has 0 radical (unpaired) electrons. The molecule has 0 fully saturated rings. The van der Waals surface area contributed by atoms with E-state index >= 15 is 0 Å². The van der Waals surface area contributed by atoms with E-state index in [4.69, 9.17) is 0 Å². The Morgan fingerprint density at radius 1 is 0.789 bits per heavy atom. The fourth-order valence-corrected chi connectivity index (χ4v) is 2.86. The molecule has 108 valence electrons. The number of aryl methyl sites for hydroxylation is 1. The molecule has 19 heavy (non-hydrogen) atoms. The van der Waals surface area contributed by atoms with Gasteiger partial charge in [0.15, 0.2) is 0 Å². The Bertz CT molecular complexity index is 368. The molecule has 1 rings (SSSR count). The summed E-state index contributed by atoms with van der Waals surface area (Å²) in [7, 11) is 0. The lowest BCUT2D eigenvalue weighted by Crippen LogP contribution is -1.99. The molecule has 1 heteroatoms. The van der Waals surface area contributed by atoms with Gasteiger partial charge >= 0.3 is 0 Å². The Hall–Kier alpha value is -0.980. The minimum absolute atomic E-state index is 0.502. The Balaban J connectivity index is 2.56. The van der Waals surface area contributed by atoms with Gasteiger partial charge in [0.05, 0.1) is 0 Å². The lowest BCUT2D eigenvalue weighted by atomic mass is 9.93. The van der Waals surface area contributed by atoms with E-state index < -0.39 is 0 Å². The summed E-state index contributed by atoms with van der Waals surface area (Å²) in [5.74, 6) is 0.502. The van der Waals surface area contributed by atoms with Crippen LogP contribution in [-0.4, -0.2) is 5.11 Å². The lowest BCUT2D eigenvalue weighted by Gasteiger charge is -2.14. The summed E-state index contributed by atoms with van der Waals surface area (Å²) in [4.78, 5) is 0. The van der Waals surface area contributed by atoms with Crippen molar-refractivity contribution in [2.24, 2.45) is 0 Å². The van der Waals surface area contributed by atoms with E-state index in [1.54, 1.807) is 0 Å². The molecule has 0 bridgehead atoms. The molecule has 0 saturated carbocycles. The number of rotatable bonds is 9. The zero-order chi connectivity index (χ0) is 14.1. The normalized spacial score (nSPS) is 10.9. The van der Waals surface area contributed by atoms with Crippen molar-refractivity contribution in [3.63, 3.8) is 0 Å². The average Bonchev–Trinajstić information content (AvgIpc) is 2.43. The van der Waals surface area contributed by atoms with Gasteiger partial charge in [-0.05, 0) is 48.4 Å². The van der Waals surface area contributed by atoms with Crippen LogP contribution in [0.4, 0.5) is 0 Å². The largest absolute Gasteiger partial charge is 0.508 e. The predicted octanol–water partition coefficient (Wildman–Crippen LogP) is 5.42. The fourth-order valence-electron chi connectivity index (χ4n) is 2.86. The van der Waals surface area contributed by atoms with E-state index in [9.17, 15) is 5.11 Å². The molecule has 0 aliphatic rings. The fraction of sp³-hybridized carbons (Fsp3) is 0.667. The summed E-state index contributed by atoms with van der Waals surface area (Å²) < 4.78 is 0. The third-order valence-corrected chi connectivity index (χ3v) is 4.02. The quantitative estimate of drug-likeness (QED) is 0.589. The van der Waals surface area contributed by atoms with Crippen molar-refractivity contribution in [3.05, 3.63) is 28.8 Å². The molecular weight excluding hydrogens is 232 g/mol. The van der Waals surface area contributed by atoms with Gasteiger partial charge in [-0.1, -0.05) is 58.9 Å². The van der Waals surface area contributed by atoms with E-state index in [0.29, 0.717) is 5.75 Å². The number of aromatic hydroxyl groups is 1. The second-order valence-electron chi connectivity index (χ2n) is 5.43. The summed E-state index contributed by atoms with van der Waals surface area (Å²) in [6.07, 6.45) is 11.0. The van der Waals surface area contributed by atoms with E-state index in [2.05, 4.69) is 26.8 Å². The maximum atomic E-state index is 10.1. The Morgan fingerprint density at radius 2 is 1.47 bits per heavy atom. The molecule has 1 nitrogen and oxygen atoms in total. The van der Waals surface area contributed by atoms with Crippen molar-refractivity contribution >= 4 is 0 Å². The van der Waals surface area contributed by atoms with Crippen molar-refractivity contribution < 1.29 is 5.11 Å². The van der Waals surface area contributed by atoms with Crippen LogP contribution in [0.1, 0.15) is 76.0 Å². The highest BCUT2D eigenvalue weighted by Gasteiger charge is 2.10. The zero-order valence-corrected chi connectivity index (χ0v) is 13.0. The number of unbranched alkanes of at least 4 members (excludes halogenated alkanes) is 5. The number of phenolic OH excluding ortho intramolecular Hbond substituents is 1. The first kappa shape index (κ1) is 16.1. The monoisotopic (exact) mass is 262 g/mol. The Morgan fingerprint density at radius 3 is 2.11 bits per heavy atom. The highest BCUT2D eigenvalue weighted by Crippen LogP contribution is 2.27. The van der Waals surface area contributed by atoms with Crippen LogP contribution in [0.15, 0.2) is 12.1 Å². The third kappa shape index (κ3) is 4.89. The van der Waals surface area contributed by atoms with Crippen LogP contribution in [0, 0.1) is 0 Å². The lowest BCUT2D eigenvalue weighted by molar-refractivity contribution is 0.464. The molecule has 0 aliphatic heterocycles. The van der Waals surface area contributed by atoms with Crippen LogP contribution >= 0.6 is 0 Å². The maximum Gasteiger partial charge on any atom is 0.119 e. The molecular formula is C18H30O. The molecule has 0 aromatic heterocycles. The van der Waals surface area contributed by atoms with Crippen molar-refractivity contribution in [1.29, 1.82) is 0 Å². The summed E-state index contributed by atoms with van der Waals surface area (Å²) >= 11 is 0. The third-order valence-electron chi connectivity index (χ3n) is 4.02. The molecule has 0 atom stereocenters. The molecule has 0 amide bonds. The van der Waals surface area contributed by atoms with E-state index in [0.717, 1.165) is 19.3 Å². The summed E-state index contributed by atoms with van der Waals surface area (Å²) in [6.45, 7) is 6.64. The topological polar surface area (TPSA) is 20.2 Å². The van der Waals surface area contributed by atoms with E-state index in [-0.39, 0.29) is 0 Å². The Kier molecular flexibility index (Phi) is 7.62. The molecule has 0 spiro atoms. The second-order valence-corrected chi connectivity index (χ2v) is 5.43. The highest BCUT2D eigenvalue weighted by atomic mass is 16.3. The summed E-state index contributed by atoms with van der Waals surface area (Å²) in [5.41, 5.74) is 4.00. The van der Waals surface area contributed by atoms with Gasteiger partial charge in [0.1, 0.15) is 5.75 Å². The van der Waals surface area contributed by atoms with Crippen LogP contribution in [0.5, 0.6) is 5.75 Å². The molecule has 0 aliphatic carbocycles. The van der Waals surface area contributed by atoms with Gasteiger partial charge in [0, 0.05) is 0 Å². The van der Waals surface area contributed by atoms with Crippen LogP contribution in [0.25, 0.3) is 0 Å². The molecule has 0 saturated heterocycles. The van der Waals surface area contributed by atoms with Crippen molar-refractivity contribution in [2.75, 3.05) is 0 Å². The standard InChI is InChI=1S/C18H30O/c1-4-7-8-9-10-11-12-17-16(6-3)15(5-2)13-14-18(17)19/h13-14,19H,4-12H2,1-3H3. The first-order valence-corrected chi connectivity index (χ1v) is 8.07. The van der Waals surface area contributed by atoms with Gasteiger partial charge in [-0.15, -0.1) is 0 Å². The van der Waals surface area contributed by atoms with Crippen LogP contribution in [0.2, 0.25) is 0 Å². The maximum absolute atomic E-state index is 10.1. The van der Waals surface area contributed by atoms with E-state index in [1.165, 1.54) is 55.2 Å². The number of hydrogen-bond acceptors (Lipinski definition) is 1. The number of phenols is 1. The van der Waals surface area contributed by atoms with Gasteiger partial charge < -0.3 is 5.11 Å².